The average molecular weight is 320 g/mol. The molecule has 0 saturated heterocycles. The molecule has 0 nitrogen and oxygen atoms in total. The summed E-state index contributed by atoms with van der Waals surface area (Å²) in [6, 6.07) is 7.17. The molecule has 0 saturated carbocycles. The van der Waals surface area contributed by atoms with Gasteiger partial charge in [-0.2, -0.15) is 0 Å². The molecule has 0 aliphatic carbocycles. The van der Waals surface area contributed by atoms with Crippen molar-refractivity contribution in [3.63, 3.8) is 0 Å². The minimum absolute atomic E-state index is 0.0271. The van der Waals surface area contributed by atoms with Crippen molar-refractivity contribution in [2.75, 3.05) is 0 Å². The van der Waals surface area contributed by atoms with E-state index in [0.29, 0.717) is 10.6 Å². The molecule has 84 valence electrons. The summed E-state index contributed by atoms with van der Waals surface area (Å²) in [5, 5.41) is 2.46. The standard InChI is InChI=1S/C12H9BrClFS/c1-7-5-8(9(14)6-10(7)15)12(13)11-3-2-4-16-11/h2-6,12H,1H3. The second kappa shape index (κ2) is 4.86. The van der Waals surface area contributed by atoms with Crippen LogP contribution < -0.4 is 0 Å². The van der Waals surface area contributed by atoms with Crippen molar-refractivity contribution in [2.24, 2.45) is 0 Å². The van der Waals surface area contributed by atoms with Crippen molar-refractivity contribution < 1.29 is 4.39 Å². The van der Waals surface area contributed by atoms with E-state index in [1.807, 2.05) is 17.5 Å². The molecule has 1 atom stereocenters. The lowest BCUT2D eigenvalue weighted by atomic mass is 10.1. The van der Waals surface area contributed by atoms with Gasteiger partial charge in [0.2, 0.25) is 0 Å². The Balaban J connectivity index is 2.44. The van der Waals surface area contributed by atoms with Gasteiger partial charge < -0.3 is 0 Å². The molecule has 0 aliphatic heterocycles. The third-order valence-electron chi connectivity index (χ3n) is 2.34. The van der Waals surface area contributed by atoms with Gasteiger partial charge in [0.25, 0.3) is 0 Å². The molecule has 0 radical (unpaired) electrons. The summed E-state index contributed by atoms with van der Waals surface area (Å²) in [5.41, 5.74) is 1.52. The molecule has 0 N–H and O–H groups in total. The second-order valence-electron chi connectivity index (χ2n) is 3.50. The first kappa shape index (κ1) is 12.1. The first-order valence-corrected chi connectivity index (χ1v) is 6.90. The van der Waals surface area contributed by atoms with Crippen molar-refractivity contribution in [1.82, 2.24) is 0 Å². The summed E-state index contributed by atoms with van der Waals surface area (Å²) in [4.78, 5) is 1.19. The summed E-state index contributed by atoms with van der Waals surface area (Å²) in [6.07, 6.45) is 0. The SMILES string of the molecule is Cc1cc(C(Br)c2cccs2)c(Cl)cc1F. The summed E-state index contributed by atoms with van der Waals surface area (Å²) < 4.78 is 13.3. The molecule has 4 heteroatoms. The molecule has 0 amide bonds. The highest BCUT2D eigenvalue weighted by molar-refractivity contribution is 9.09. The van der Waals surface area contributed by atoms with E-state index >= 15 is 0 Å². The monoisotopic (exact) mass is 318 g/mol. The predicted molar refractivity (Wildman–Crippen MR) is 71.2 cm³/mol. The number of aryl methyl sites for hydroxylation is 1. The first-order valence-electron chi connectivity index (χ1n) is 4.72. The molecule has 1 aromatic heterocycles. The molecule has 1 heterocycles. The van der Waals surface area contributed by atoms with Gasteiger partial charge in [0.05, 0.1) is 4.83 Å². The van der Waals surface area contributed by atoms with Crippen LogP contribution in [0.15, 0.2) is 29.6 Å². The Hall–Kier alpha value is -0.380. The third kappa shape index (κ3) is 2.31. The molecular formula is C12H9BrClFS. The van der Waals surface area contributed by atoms with E-state index in [-0.39, 0.29) is 10.6 Å². The summed E-state index contributed by atoms with van der Waals surface area (Å²) >= 11 is 11.3. The minimum atomic E-state index is -0.264. The summed E-state index contributed by atoms with van der Waals surface area (Å²) in [5.74, 6) is -0.264. The average Bonchev–Trinajstić information content (AvgIpc) is 2.75. The van der Waals surface area contributed by atoms with Crippen LogP contribution in [0.4, 0.5) is 4.39 Å². The van der Waals surface area contributed by atoms with Crippen LogP contribution in [0, 0.1) is 12.7 Å². The zero-order chi connectivity index (χ0) is 11.7. The van der Waals surface area contributed by atoms with E-state index in [1.165, 1.54) is 6.07 Å². The predicted octanol–water partition coefficient (Wildman–Crippen LogP) is 5.33. The summed E-state index contributed by atoms with van der Waals surface area (Å²) in [6.45, 7) is 1.74. The smallest absolute Gasteiger partial charge is 0.127 e. The van der Waals surface area contributed by atoms with E-state index in [2.05, 4.69) is 15.9 Å². The largest absolute Gasteiger partial charge is 0.207 e. The fourth-order valence-corrected chi connectivity index (χ4v) is 3.43. The van der Waals surface area contributed by atoms with Gasteiger partial charge in [-0.15, -0.1) is 11.3 Å². The van der Waals surface area contributed by atoms with Gasteiger partial charge in [0.1, 0.15) is 5.82 Å². The number of alkyl halides is 1. The van der Waals surface area contributed by atoms with Gasteiger partial charge in [-0.3, -0.25) is 0 Å². The zero-order valence-electron chi connectivity index (χ0n) is 8.51. The highest BCUT2D eigenvalue weighted by Crippen LogP contribution is 2.38. The lowest BCUT2D eigenvalue weighted by Crippen LogP contribution is -1.94. The van der Waals surface area contributed by atoms with E-state index in [0.717, 1.165) is 10.4 Å². The Labute approximate surface area is 111 Å². The second-order valence-corrected chi connectivity index (χ2v) is 5.80. The number of rotatable bonds is 2. The van der Waals surface area contributed by atoms with Crippen LogP contribution in [0.3, 0.4) is 0 Å². The Morgan fingerprint density at radius 2 is 2.19 bits per heavy atom. The van der Waals surface area contributed by atoms with Crippen LogP contribution in [0.2, 0.25) is 5.02 Å². The minimum Gasteiger partial charge on any atom is -0.207 e. The zero-order valence-corrected chi connectivity index (χ0v) is 11.7. The number of thiophene rings is 1. The molecule has 0 fully saturated rings. The molecule has 0 aliphatic rings. The van der Waals surface area contributed by atoms with Gasteiger partial charge in [-0.25, -0.2) is 4.39 Å². The molecule has 2 rings (SSSR count). The van der Waals surface area contributed by atoms with Crippen molar-refractivity contribution >= 4 is 38.9 Å². The summed E-state index contributed by atoms with van der Waals surface area (Å²) in [7, 11) is 0. The number of hydrogen-bond donors (Lipinski definition) is 0. The van der Waals surface area contributed by atoms with Gasteiger partial charge in [-0.1, -0.05) is 39.7 Å². The van der Waals surface area contributed by atoms with E-state index < -0.39 is 0 Å². The molecular weight excluding hydrogens is 311 g/mol. The normalized spacial score (nSPS) is 12.8. The van der Waals surface area contributed by atoms with Crippen LogP contribution in [0.25, 0.3) is 0 Å². The molecule has 0 spiro atoms. The van der Waals surface area contributed by atoms with Crippen LogP contribution in [0.5, 0.6) is 0 Å². The fraction of sp³-hybridized carbons (Fsp3) is 0.167. The Kier molecular flexibility index (Phi) is 3.67. The quantitative estimate of drug-likeness (QED) is 0.656. The number of halogens is 3. The van der Waals surface area contributed by atoms with E-state index in [1.54, 1.807) is 24.3 Å². The van der Waals surface area contributed by atoms with Gasteiger partial charge in [0.15, 0.2) is 0 Å². The maximum absolute atomic E-state index is 13.3. The molecule has 2 aromatic rings. The Morgan fingerprint density at radius 3 is 2.81 bits per heavy atom. The van der Waals surface area contributed by atoms with Crippen LogP contribution >= 0.6 is 38.9 Å². The van der Waals surface area contributed by atoms with Gasteiger partial charge in [-0.05, 0) is 35.6 Å². The van der Waals surface area contributed by atoms with E-state index in [9.17, 15) is 4.39 Å². The molecule has 1 unspecified atom stereocenters. The van der Waals surface area contributed by atoms with Crippen molar-refractivity contribution in [1.29, 1.82) is 0 Å². The van der Waals surface area contributed by atoms with Crippen molar-refractivity contribution in [3.8, 4) is 0 Å². The molecule has 16 heavy (non-hydrogen) atoms. The Bertz CT molecular complexity index is 496. The van der Waals surface area contributed by atoms with Crippen LogP contribution in [-0.2, 0) is 0 Å². The van der Waals surface area contributed by atoms with Gasteiger partial charge >= 0.3 is 0 Å². The lowest BCUT2D eigenvalue weighted by molar-refractivity contribution is 0.618. The van der Waals surface area contributed by atoms with Crippen LogP contribution in [0.1, 0.15) is 20.8 Å². The highest BCUT2D eigenvalue weighted by Gasteiger charge is 2.16. The first-order chi connectivity index (χ1) is 7.59. The molecule has 1 aromatic carbocycles. The topological polar surface area (TPSA) is 0 Å². The lowest BCUT2D eigenvalue weighted by Gasteiger charge is -2.11. The Morgan fingerprint density at radius 1 is 1.44 bits per heavy atom. The number of hydrogen-bond acceptors (Lipinski definition) is 1. The highest BCUT2D eigenvalue weighted by atomic mass is 79.9. The third-order valence-corrected chi connectivity index (χ3v) is 4.90. The van der Waals surface area contributed by atoms with Gasteiger partial charge in [0, 0.05) is 9.90 Å². The van der Waals surface area contributed by atoms with Crippen molar-refractivity contribution in [2.45, 2.75) is 11.8 Å². The number of benzene rings is 1. The maximum atomic E-state index is 13.3. The fourth-order valence-electron chi connectivity index (χ4n) is 1.46. The van der Waals surface area contributed by atoms with E-state index in [4.69, 9.17) is 11.6 Å². The van der Waals surface area contributed by atoms with Crippen molar-refractivity contribution in [3.05, 3.63) is 56.5 Å². The maximum Gasteiger partial charge on any atom is 0.127 e. The van der Waals surface area contributed by atoms with Crippen LogP contribution in [-0.4, -0.2) is 0 Å². The molecule has 0 bridgehead atoms.